The van der Waals surface area contributed by atoms with Gasteiger partial charge in [-0.15, -0.1) is 0 Å². The predicted octanol–water partition coefficient (Wildman–Crippen LogP) is 5.34. The van der Waals surface area contributed by atoms with E-state index in [1.165, 1.54) is 0 Å². The minimum absolute atomic E-state index is 0.0439. The molecule has 2 aromatic rings. The van der Waals surface area contributed by atoms with E-state index in [1.807, 2.05) is 42.5 Å². The fourth-order valence-electron chi connectivity index (χ4n) is 3.96. The standard InChI is InChI=1S/C32H44N4O5/c1-24(2)10-6-4-5-7-12-31(38)34-21-26-16-19-29(30(20-26)40-3)41-23-25-14-17-27(18-15-25)35-32(39)13-9-8-11-28(22-37)36-33/h6,10,14-20,24,36H,4-5,7-9,11-13,21,23,33H2,1-3H3,(H,34,38)(H,35,39)/b10-6+. The second kappa shape index (κ2) is 19.1. The van der Waals surface area contributed by atoms with Gasteiger partial charge in [-0.05, 0) is 79.8 Å². The van der Waals surface area contributed by atoms with Gasteiger partial charge in [-0.25, -0.2) is 4.79 Å². The molecule has 0 saturated heterocycles. The number of allylic oxidation sites excluding steroid dienone is 3. The van der Waals surface area contributed by atoms with Crippen LogP contribution < -0.4 is 31.4 Å². The van der Waals surface area contributed by atoms with Gasteiger partial charge in [0.15, 0.2) is 11.5 Å². The first-order valence-corrected chi connectivity index (χ1v) is 14.2. The van der Waals surface area contributed by atoms with Gasteiger partial charge in [-0.1, -0.05) is 44.2 Å². The van der Waals surface area contributed by atoms with E-state index in [-0.39, 0.29) is 11.8 Å². The SMILES string of the molecule is COc1cc(CNC(=O)CCCC/C=C/C(C)C)ccc1OCc1ccc(NC(=O)CCCCC(=C=O)NN)cc1. The lowest BCUT2D eigenvalue weighted by Crippen LogP contribution is -2.22. The largest absolute Gasteiger partial charge is 0.493 e. The maximum atomic E-state index is 12.2. The van der Waals surface area contributed by atoms with E-state index in [4.69, 9.17) is 15.3 Å². The van der Waals surface area contributed by atoms with Crippen LogP contribution in [0.15, 0.2) is 60.3 Å². The highest BCUT2D eigenvalue weighted by Gasteiger charge is 2.09. The number of methoxy groups -OCH3 is 1. The summed E-state index contributed by atoms with van der Waals surface area (Å²) in [7, 11) is 1.59. The summed E-state index contributed by atoms with van der Waals surface area (Å²) in [6.45, 7) is 5.06. The van der Waals surface area contributed by atoms with Gasteiger partial charge in [-0.3, -0.25) is 15.4 Å². The number of carbonyl (C=O) groups is 2. The van der Waals surface area contributed by atoms with E-state index >= 15 is 0 Å². The number of rotatable bonds is 19. The Morgan fingerprint density at radius 3 is 2.29 bits per heavy atom. The van der Waals surface area contributed by atoms with Gasteiger partial charge < -0.3 is 25.5 Å². The van der Waals surface area contributed by atoms with Crippen molar-refractivity contribution < 1.29 is 23.9 Å². The van der Waals surface area contributed by atoms with Crippen LogP contribution in [0.4, 0.5) is 5.69 Å². The molecular formula is C32H44N4O5. The van der Waals surface area contributed by atoms with Crippen molar-refractivity contribution in [2.45, 2.75) is 78.4 Å². The van der Waals surface area contributed by atoms with Crippen LogP contribution in [0.3, 0.4) is 0 Å². The van der Waals surface area contributed by atoms with Gasteiger partial charge in [0.25, 0.3) is 0 Å². The van der Waals surface area contributed by atoms with Crippen LogP contribution in [0.1, 0.15) is 76.3 Å². The number of anilines is 1. The van der Waals surface area contributed by atoms with E-state index in [9.17, 15) is 14.4 Å². The molecule has 41 heavy (non-hydrogen) atoms. The molecule has 0 unspecified atom stereocenters. The maximum Gasteiger partial charge on any atom is 0.224 e. The van der Waals surface area contributed by atoms with Crippen LogP contribution in [0.2, 0.25) is 0 Å². The van der Waals surface area contributed by atoms with Gasteiger partial charge in [-0.2, -0.15) is 0 Å². The molecule has 0 fully saturated rings. The molecule has 0 bridgehead atoms. The van der Waals surface area contributed by atoms with Crippen molar-refractivity contribution in [1.29, 1.82) is 0 Å². The van der Waals surface area contributed by atoms with Crippen LogP contribution in [0, 0.1) is 5.92 Å². The molecule has 5 N–H and O–H groups in total. The van der Waals surface area contributed by atoms with Crippen LogP contribution in [0.25, 0.3) is 0 Å². The fraction of sp³-hybridized carbons (Fsp3) is 0.438. The number of unbranched alkanes of at least 4 members (excludes halogenated alkanes) is 3. The van der Waals surface area contributed by atoms with E-state index in [1.54, 1.807) is 13.1 Å². The van der Waals surface area contributed by atoms with Crippen molar-refractivity contribution in [2.75, 3.05) is 12.4 Å². The summed E-state index contributed by atoms with van der Waals surface area (Å²) in [6, 6.07) is 13.1. The Morgan fingerprint density at radius 1 is 0.927 bits per heavy atom. The van der Waals surface area contributed by atoms with Crippen molar-refractivity contribution >= 4 is 23.4 Å². The summed E-state index contributed by atoms with van der Waals surface area (Å²) in [5.74, 6) is 8.64. The quantitative estimate of drug-likeness (QED) is 0.0595. The van der Waals surface area contributed by atoms with E-state index in [0.29, 0.717) is 74.1 Å². The summed E-state index contributed by atoms with van der Waals surface area (Å²) in [4.78, 5) is 35.0. The zero-order valence-electron chi connectivity index (χ0n) is 24.5. The highest BCUT2D eigenvalue weighted by molar-refractivity contribution is 5.90. The fourth-order valence-corrected chi connectivity index (χ4v) is 3.96. The summed E-state index contributed by atoms with van der Waals surface area (Å²) in [5, 5.41) is 5.84. The van der Waals surface area contributed by atoms with Crippen LogP contribution in [-0.2, 0) is 27.5 Å². The van der Waals surface area contributed by atoms with Gasteiger partial charge in [0.05, 0.1) is 7.11 Å². The number of nitrogens with one attached hydrogen (secondary N) is 3. The van der Waals surface area contributed by atoms with Crippen LogP contribution >= 0.6 is 0 Å². The van der Waals surface area contributed by atoms with Crippen molar-refractivity contribution in [3.63, 3.8) is 0 Å². The van der Waals surface area contributed by atoms with Crippen molar-refractivity contribution in [1.82, 2.24) is 10.7 Å². The molecule has 0 aliphatic rings. The minimum atomic E-state index is -0.0955. The van der Waals surface area contributed by atoms with E-state index in [2.05, 4.69) is 42.1 Å². The van der Waals surface area contributed by atoms with E-state index < -0.39 is 0 Å². The lowest BCUT2D eigenvalue weighted by atomic mass is 10.1. The Bertz CT molecular complexity index is 1170. The van der Waals surface area contributed by atoms with Gasteiger partial charge in [0.1, 0.15) is 18.2 Å². The Labute approximate surface area is 243 Å². The minimum Gasteiger partial charge on any atom is -0.493 e. The first kappa shape index (κ1) is 33.1. The molecule has 9 heteroatoms. The number of ether oxygens (including phenoxy) is 2. The molecule has 0 spiro atoms. The number of hydrazine groups is 1. The Balaban J connectivity index is 1.74. The molecule has 0 heterocycles. The number of benzene rings is 2. The maximum absolute atomic E-state index is 12.2. The lowest BCUT2D eigenvalue weighted by Gasteiger charge is -2.13. The first-order chi connectivity index (χ1) is 19.8. The number of amides is 2. The van der Waals surface area contributed by atoms with Gasteiger partial charge in [0.2, 0.25) is 11.8 Å². The summed E-state index contributed by atoms with van der Waals surface area (Å²) in [5.41, 5.74) is 5.15. The summed E-state index contributed by atoms with van der Waals surface area (Å²) in [6.07, 6.45) is 9.88. The summed E-state index contributed by atoms with van der Waals surface area (Å²) >= 11 is 0. The van der Waals surface area contributed by atoms with Crippen LogP contribution in [0.5, 0.6) is 11.5 Å². The molecule has 0 aliphatic carbocycles. The number of hydrogen-bond donors (Lipinski definition) is 4. The highest BCUT2D eigenvalue weighted by atomic mass is 16.5. The summed E-state index contributed by atoms with van der Waals surface area (Å²) < 4.78 is 11.5. The van der Waals surface area contributed by atoms with E-state index in [0.717, 1.165) is 30.4 Å². The second-order valence-electron chi connectivity index (χ2n) is 10.1. The molecule has 222 valence electrons. The predicted molar refractivity (Wildman–Crippen MR) is 162 cm³/mol. The zero-order chi connectivity index (χ0) is 29.9. The average molecular weight is 565 g/mol. The number of carbonyl (C=O) groups excluding carboxylic acids is 3. The molecule has 0 saturated carbocycles. The number of nitrogens with two attached hydrogens (primary N) is 1. The van der Waals surface area contributed by atoms with Crippen LogP contribution in [-0.4, -0.2) is 24.9 Å². The first-order valence-electron chi connectivity index (χ1n) is 14.2. The third-order valence-electron chi connectivity index (χ3n) is 6.27. The molecule has 2 amide bonds. The van der Waals surface area contributed by atoms with Crippen molar-refractivity contribution in [3.8, 4) is 11.5 Å². The number of hydrogen-bond acceptors (Lipinski definition) is 7. The second-order valence-corrected chi connectivity index (χ2v) is 10.1. The molecule has 9 nitrogen and oxygen atoms in total. The molecule has 0 atom stereocenters. The third kappa shape index (κ3) is 13.7. The van der Waals surface area contributed by atoms with Gasteiger partial charge >= 0.3 is 0 Å². The van der Waals surface area contributed by atoms with Gasteiger partial charge in [0, 0.05) is 25.1 Å². The Morgan fingerprint density at radius 2 is 1.61 bits per heavy atom. The monoisotopic (exact) mass is 564 g/mol. The highest BCUT2D eigenvalue weighted by Crippen LogP contribution is 2.29. The Kier molecular flexibility index (Phi) is 15.4. The molecular weight excluding hydrogens is 520 g/mol. The van der Waals surface area contributed by atoms with Crippen molar-refractivity contribution in [2.24, 2.45) is 11.8 Å². The molecule has 0 aliphatic heterocycles. The molecule has 2 aromatic carbocycles. The molecule has 0 radical (unpaired) electrons. The third-order valence-corrected chi connectivity index (χ3v) is 6.27. The van der Waals surface area contributed by atoms with Crippen molar-refractivity contribution in [3.05, 3.63) is 71.4 Å². The normalized spacial score (nSPS) is 10.8. The molecule has 0 aromatic heterocycles. The molecule has 2 rings (SSSR count). The average Bonchev–Trinajstić information content (AvgIpc) is 2.97. The topological polar surface area (TPSA) is 132 Å². The Hall–Kier alpha value is -4.07. The zero-order valence-corrected chi connectivity index (χ0v) is 24.5. The lowest BCUT2D eigenvalue weighted by molar-refractivity contribution is -0.121. The smallest absolute Gasteiger partial charge is 0.224 e.